The average Bonchev–Trinajstić information content (AvgIpc) is 3.05. The predicted molar refractivity (Wildman–Crippen MR) is 67.7 cm³/mol. The molecule has 1 aliphatic carbocycles. The van der Waals surface area contributed by atoms with Crippen molar-refractivity contribution in [3.63, 3.8) is 0 Å². The Bertz CT molecular complexity index is 289. The summed E-state index contributed by atoms with van der Waals surface area (Å²) in [5.74, 6) is 1.96. The molecule has 0 radical (unpaired) electrons. The van der Waals surface area contributed by atoms with E-state index >= 15 is 0 Å². The average molecular weight is 241 g/mol. The van der Waals surface area contributed by atoms with E-state index in [1.54, 1.807) is 11.8 Å². The normalized spacial score (nSPS) is 24.8. The third-order valence-corrected chi connectivity index (χ3v) is 3.90. The summed E-state index contributed by atoms with van der Waals surface area (Å²) in [5.41, 5.74) is 0. The molecule has 1 heterocycles. The lowest BCUT2D eigenvalue weighted by atomic mass is 10.2. The minimum atomic E-state index is 0.157. The van der Waals surface area contributed by atoms with E-state index in [1.165, 1.54) is 0 Å². The number of carbonyl (C=O) groups excluding carboxylic acids is 1. The van der Waals surface area contributed by atoms with E-state index in [2.05, 4.69) is 22.5 Å². The van der Waals surface area contributed by atoms with Crippen molar-refractivity contribution >= 4 is 22.8 Å². The summed E-state index contributed by atoms with van der Waals surface area (Å²) in [6.45, 7) is 3.80. The van der Waals surface area contributed by atoms with Crippen LogP contribution >= 0.6 is 11.8 Å². The second kappa shape index (κ2) is 5.57. The monoisotopic (exact) mass is 241 g/mol. The van der Waals surface area contributed by atoms with Crippen molar-refractivity contribution in [2.75, 3.05) is 18.8 Å². The minimum absolute atomic E-state index is 0.157. The summed E-state index contributed by atoms with van der Waals surface area (Å²) < 4.78 is 0. The van der Waals surface area contributed by atoms with Gasteiger partial charge in [0.1, 0.15) is 0 Å². The van der Waals surface area contributed by atoms with Crippen LogP contribution in [0.25, 0.3) is 0 Å². The van der Waals surface area contributed by atoms with Gasteiger partial charge in [-0.1, -0.05) is 18.7 Å². The molecule has 0 aromatic rings. The Kier molecular flexibility index (Phi) is 4.09. The molecule has 1 saturated carbocycles. The molecule has 16 heavy (non-hydrogen) atoms. The molecule has 1 aliphatic heterocycles. The zero-order chi connectivity index (χ0) is 11.4. The van der Waals surface area contributed by atoms with Gasteiger partial charge in [0.25, 0.3) is 0 Å². The first kappa shape index (κ1) is 11.8. The van der Waals surface area contributed by atoms with Crippen LogP contribution < -0.4 is 10.6 Å². The summed E-state index contributed by atoms with van der Waals surface area (Å²) in [6.07, 6.45) is 2.85. The standard InChI is InChI=1S/C11H19N3OS/c1-8-6-13-11(16-7-8)12-5-4-10(15)14-9-2-3-9/h8-9H,2-7H2,1H3,(H,12,13)(H,14,15). The maximum Gasteiger partial charge on any atom is 0.221 e. The lowest BCUT2D eigenvalue weighted by Gasteiger charge is -2.17. The van der Waals surface area contributed by atoms with Gasteiger partial charge < -0.3 is 10.6 Å². The Morgan fingerprint density at radius 3 is 3.00 bits per heavy atom. The summed E-state index contributed by atoms with van der Waals surface area (Å²) in [5, 5.41) is 7.19. The summed E-state index contributed by atoms with van der Waals surface area (Å²) in [6, 6.07) is 0.467. The summed E-state index contributed by atoms with van der Waals surface area (Å²) >= 11 is 1.76. The Hall–Kier alpha value is -0.710. The number of amides is 1. The predicted octanol–water partition coefficient (Wildman–Crippen LogP) is 0.984. The fourth-order valence-corrected chi connectivity index (χ4v) is 2.39. The SMILES string of the molecule is CC1CN=C(NCCC(=O)NC2CC2)SC1. The van der Waals surface area contributed by atoms with E-state index in [0.29, 0.717) is 24.9 Å². The van der Waals surface area contributed by atoms with Crippen LogP contribution in [0.2, 0.25) is 0 Å². The number of hydrogen-bond acceptors (Lipinski definition) is 4. The second-order valence-electron chi connectivity index (χ2n) is 4.58. The molecular formula is C11H19N3OS. The van der Waals surface area contributed by atoms with Gasteiger partial charge >= 0.3 is 0 Å². The maximum absolute atomic E-state index is 11.4. The van der Waals surface area contributed by atoms with Gasteiger partial charge in [-0.15, -0.1) is 0 Å². The molecule has 90 valence electrons. The van der Waals surface area contributed by atoms with Crippen LogP contribution in [0.4, 0.5) is 0 Å². The number of nitrogens with one attached hydrogen (secondary N) is 2. The first-order chi connectivity index (χ1) is 7.74. The summed E-state index contributed by atoms with van der Waals surface area (Å²) in [7, 11) is 0. The van der Waals surface area contributed by atoms with E-state index in [0.717, 1.165) is 30.3 Å². The Balaban J connectivity index is 1.58. The van der Waals surface area contributed by atoms with Crippen LogP contribution in [-0.4, -0.2) is 36.0 Å². The molecule has 2 rings (SSSR count). The number of amidine groups is 1. The van der Waals surface area contributed by atoms with Gasteiger partial charge in [0, 0.05) is 31.3 Å². The zero-order valence-corrected chi connectivity index (χ0v) is 10.5. The molecule has 5 heteroatoms. The van der Waals surface area contributed by atoms with Crippen LogP contribution in [0.5, 0.6) is 0 Å². The van der Waals surface area contributed by atoms with E-state index < -0.39 is 0 Å². The lowest BCUT2D eigenvalue weighted by molar-refractivity contribution is -0.121. The molecule has 1 fully saturated rings. The van der Waals surface area contributed by atoms with Crippen molar-refractivity contribution in [2.24, 2.45) is 10.9 Å². The number of carbonyl (C=O) groups is 1. The molecule has 0 bridgehead atoms. The number of hydrogen-bond donors (Lipinski definition) is 2. The first-order valence-electron chi connectivity index (χ1n) is 5.94. The van der Waals surface area contributed by atoms with Crippen molar-refractivity contribution in [2.45, 2.75) is 32.2 Å². The molecule has 1 amide bonds. The zero-order valence-electron chi connectivity index (χ0n) is 9.66. The van der Waals surface area contributed by atoms with Gasteiger partial charge in [-0.25, -0.2) is 0 Å². The van der Waals surface area contributed by atoms with E-state index in [4.69, 9.17) is 0 Å². The van der Waals surface area contributed by atoms with Gasteiger partial charge in [-0.3, -0.25) is 9.79 Å². The number of aliphatic imine (C=N–C) groups is 1. The highest BCUT2D eigenvalue weighted by Gasteiger charge is 2.22. The number of rotatable bonds is 4. The first-order valence-corrected chi connectivity index (χ1v) is 6.93. The Labute approximate surface area is 101 Å². The molecule has 1 unspecified atom stereocenters. The van der Waals surface area contributed by atoms with Crippen molar-refractivity contribution in [1.82, 2.24) is 10.6 Å². The van der Waals surface area contributed by atoms with Crippen molar-refractivity contribution < 1.29 is 4.79 Å². The molecular weight excluding hydrogens is 222 g/mol. The van der Waals surface area contributed by atoms with Crippen LogP contribution in [0.15, 0.2) is 4.99 Å². The quantitative estimate of drug-likeness (QED) is 0.771. The highest BCUT2D eigenvalue weighted by molar-refractivity contribution is 8.13. The van der Waals surface area contributed by atoms with Gasteiger partial charge in [0.05, 0.1) is 0 Å². The van der Waals surface area contributed by atoms with Crippen LogP contribution in [0, 0.1) is 5.92 Å². The number of nitrogens with zero attached hydrogens (tertiary/aromatic N) is 1. The van der Waals surface area contributed by atoms with Gasteiger partial charge in [-0.2, -0.15) is 0 Å². The molecule has 0 spiro atoms. The van der Waals surface area contributed by atoms with Crippen molar-refractivity contribution in [3.8, 4) is 0 Å². The summed E-state index contributed by atoms with van der Waals surface area (Å²) in [4.78, 5) is 15.8. The molecule has 2 aliphatic rings. The molecule has 2 N–H and O–H groups in total. The van der Waals surface area contributed by atoms with Crippen LogP contribution in [0.1, 0.15) is 26.2 Å². The smallest absolute Gasteiger partial charge is 0.221 e. The molecule has 4 nitrogen and oxygen atoms in total. The fourth-order valence-electron chi connectivity index (χ4n) is 1.48. The van der Waals surface area contributed by atoms with Gasteiger partial charge in [-0.05, 0) is 18.8 Å². The molecule has 0 saturated heterocycles. The Morgan fingerprint density at radius 1 is 1.56 bits per heavy atom. The number of thioether (sulfide) groups is 1. The fraction of sp³-hybridized carbons (Fsp3) is 0.818. The van der Waals surface area contributed by atoms with Crippen LogP contribution in [0.3, 0.4) is 0 Å². The largest absolute Gasteiger partial charge is 0.364 e. The van der Waals surface area contributed by atoms with Crippen LogP contribution in [-0.2, 0) is 4.79 Å². The lowest BCUT2D eigenvalue weighted by Crippen LogP contribution is -2.32. The van der Waals surface area contributed by atoms with Crippen molar-refractivity contribution in [3.05, 3.63) is 0 Å². The van der Waals surface area contributed by atoms with Gasteiger partial charge in [0.15, 0.2) is 5.17 Å². The highest BCUT2D eigenvalue weighted by Crippen LogP contribution is 2.18. The van der Waals surface area contributed by atoms with E-state index in [1.807, 2.05) is 0 Å². The molecule has 0 aromatic carbocycles. The van der Waals surface area contributed by atoms with Gasteiger partial charge in [0.2, 0.25) is 5.91 Å². The van der Waals surface area contributed by atoms with Crippen molar-refractivity contribution in [1.29, 1.82) is 0 Å². The second-order valence-corrected chi connectivity index (χ2v) is 5.59. The Morgan fingerprint density at radius 2 is 2.38 bits per heavy atom. The van der Waals surface area contributed by atoms with E-state index in [-0.39, 0.29) is 5.91 Å². The molecule has 1 atom stereocenters. The topological polar surface area (TPSA) is 53.5 Å². The third kappa shape index (κ3) is 4.04. The highest BCUT2D eigenvalue weighted by atomic mass is 32.2. The third-order valence-electron chi connectivity index (χ3n) is 2.62. The minimum Gasteiger partial charge on any atom is -0.364 e. The molecule has 0 aromatic heterocycles. The van der Waals surface area contributed by atoms with E-state index in [9.17, 15) is 4.79 Å². The maximum atomic E-state index is 11.4.